The number of thiophene rings is 1. The molecule has 1 aromatic carbocycles. The molecule has 2 aromatic rings. The normalized spacial score (nSPS) is 10.4. The van der Waals surface area contributed by atoms with Gasteiger partial charge in [-0.1, -0.05) is 0 Å². The quantitative estimate of drug-likeness (QED) is 0.760. The highest BCUT2D eigenvalue weighted by molar-refractivity contribution is 7.18. The third-order valence-corrected chi connectivity index (χ3v) is 3.42. The summed E-state index contributed by atoms with van der Waals surface area (Å²) in [6.07, 6.45) is 0. The third kappa shape index (κ3) is 2.82. The van der Waals surface area contributed by atoms with Crippen LogP contribution in [0.4, 0.5) is 18.2 Å². The van der Waals surface area contributed by atoms with Gasteiger partial charge in [0.1, 0.15) is 4.88 Å². The predicted molar refractivity (Wildman–Crippen MR) is 67.2 cm³/mol. The van der Waals surface area contributed by atoms with Gasteiger partial charge in [0.15, 0.2) is 17.4 Å². The summed E-state index contributed by atoms with van der Waals surface area (Å²) >= 11 is 0.697. The highest BCUT2D eigenvalue weighted by Crippen LogP contribution is 2.27. The maximum atomic E-state index is 13.5. The Balaban J connectivity index is 2.30. The van der Waals surface area contributed by atoms with E-state index in [1.807, 2.05) is 0 Å². The van der Waals surface area contributed by atoms with E-state index >= 15 is 0 Å². The number of aromatic hydroxyl groups is 1. The number of phenolic OH excluding ortho intramolecular Hbond substituents is 1. The van der Waals surface area contributed by atoms with Crippen molar-refractivity contribution in [1.29, 1.82) is 0 Å². The first kappa shape index (κ1) is 14.9. The number of anilines is 1. The summed E-state index contributed by atoms with van der Waals surface area (Å²) in [5.41, 5.74) is -0.906. The summed E-state index contributed by atoms with van der Waals surface area (Å²) in [5.74, 6) is -8.96. The van der Waals surface area contributed by atoms with E-state index in [9.17, 15) is 22.8 Å². The van der Waals surface area contributed by atoms with E-state index in [0.717, 1.165) is 0 Å². The van der Waals surface area contributed by atoms with Gasteiger partial charge in [0.25, 0.3) is 5.91 Å². The van der Waals surface area contributed by atoms with E-state index < -0.39 is 40.6 Å². The average Bonchev–Trinajstić information content (AvgIpc) is 2.89. The van der Waals surface area contributed by atoms with Gasteiger partial charge in [-0.25, -0.2) is 13.6 Å². The zero-order chi connectivity index (χ0) is 15.7. The van der Waals surface area contributed by atoms with Gasteiger partial charge in [0.05, 0.1) is 10.6 Å². The molecule has 0 spiro atoms. The van der Waals surface area contributed by atoms with Crippen molar-refractivity contribution in [3.05, 3.63) is 46.1 Å². The Bertz CT molecular complexity index is 744. The number of nitrogens with one attached hydrogen (secondary N) is 1. The molecule has 0 unspecified atom stereocenters. The summed E-state index contributed by atoms with van der Waals surface area (Å²) in [4.78, 5) is 22.3. The second-order valence-electron chi connectivity index (χ2n) is 3.81. The number of halogens is 3. The minimum Gasteiger partial charge on any atom is -0.503 e. The zero-order valence-corrected chi connectivity index (χ0v) is 10.8. The van der Waals surface area contributed by atoms with Crippen molar-refractivity contribution >= 4 is 28.2 Å². The number of aromatic carboxylic acids is 1. The first-order chi connectivity index (χ1) is 9.81. The van der Waals surface area contributed by atoms with Gasteiger partial charge < -0.3 is 15.5 Å². The molecule has 0 radical (unpaired) electrons. The Labute approximate surface area is 119 Å². The van der Waals surface area contributed by atoms with Crippen molar-refractivity contribution in [2.45, 2.75) is 0 Å². The first-order valence-corrected chi connectivity index (χ1v) is 6.14. The van der Waals surface area contributed by atoms with Crippen molar-refractivity contribution < 1.29 is 33.0 Å². The summed E-state index contributed by atoms with van der Waals surface area (Å²) < 4.78 is 39.5. The molecular formula is C12H6F3NO4S. The zero-order valence-electron chi connectivity index (χ0n) is 9.99. The lowest BCUT2D eigenvalue weighted by molar-refractivity contribution is 0.0702. The number of rotatable bonds is 3. The molecule has 0 atom stereocenters. The van der Waals surface area contributed by atoms with Gasteiger partial charge in [-0.15, -0.1) is 11.3 Å². The fourth-order valence-corrected chi connectivity index (χ4v) is 2.20. The molecule has 5 nitrogen and oxygen atoms in total. The lowest BCUT2D eigenvalue weighted by atomic mass is 10.1. The molecule has 0 aliphatic rings. The largest absolute Gasteiger partial charge is 0.503 e. The SMILES string of the molecule is O=C(O)c1ccc(NC(=O)c2cc(F)c(F)c(O)c2F)s1. The number of hydrogen-bond acceptors (Lipinski definition) is 4. The maximum absolute atomic E-state index is 13.5. The molecule has 110 valence electrons. The predicted octanol–water partition coefficient (Wildman–Crippen LogP) is 2.82. The molecule has 1 heterocycles. The van der Waals surface area contributed by atoms with Gasteiger partial charge in [-0.05, 0) is 18.2 Å². The topological polar surface area (TPSA) is 86.6 Å². The molecule has 9 heteroatoms. The number of benzene rings is 1. The molecule has 0 fully saturated rings. The van der Waals surface area contributed by atoms with Crippen LogP contribution < -0.4 is 5.32 Å². The van der Waals surface area contributed by atoms with E-state index in [0.29, 0.717) is 17.4 Å². The van der Waals surface area contributed by atoms with E-state index in [1.54, 1.807) is 0 Å². The van der Waals surface area contributed by atoms with Gasteiger partial charge in [0.2, 0.25) is 5.82 Å². The van der Waals surface area contributed by atoms with Crippen molar-refractivity contribution in [2.75, 3.05) is 5.32 Å². The molecule has 2 rings (SSSR count). The van der Waals surface area contributed by atoms with Crippen LogP contribution in [0.3, 0.4) is 0 Å². The van der Waals surface area contributed by atoms with Gasteiger partial charge in [-0.2, -0.15) is 4.39 Å². The molecule has 1 aromatic heterocycles. The minimum absolute atomic E-state index is 0.0704. The van der Waals surface area contributed by atoms with Crippen molar-refractivity contribution in [3.63, 3.8) is 0 Å². The first-order valence-electron chi connectivity index (χ1n) is 5.32. The van der Waals surface area contributed by atoms with E-state index in [4.69, 9.17) is 10.2 Å². The number of carbonyl (C=O) groups is 2. The molecular weight excluding hydrogens is 311 g/mol. The third-order valence-electron chi connectivity index (χ3n) is 2.43. The second kappa shape index (κ2) is 5.44. The smallest absolute Gasteiger partial charge is 0.345 e. The Morgan fingerprint density at radius 1 is 1.14 bits per heavy atom. The van der Waals surface area contributed by atoms with E-state index in [-0.39, 0.29) is 9.88 Å². The van der Waals surface area contributed by atoms with E-state index in [1.165, 1.54) is 12.1 Å². The van der Waals surface area contributed by atoms with Crippen LogP contribution in [0.1, 0.15) is 20.0 Å². The van der Waals surface area contributed by atoms with Crippen LogP contribution in [-0.4, -0.2) is 22.1 Å². The van der Waals surface area contributed by atoms with Gasteiger partial charge in [-0.3, -0.25) is 4.79 Å². The molecule has 0 saturated carbocycles. The van der Waals surface area contributed by atoms with E-state index in [2.05, 4.69) is 5.32 Å². The standard InChI is InChI=1S/C12H6F3NO4S/c13-5-3-4(8(14)10(17)9(5)15)11(18)16-7-2-1-6(21-7)12(19)20/h1-3,17H,(H,16,18)(H,19,20). The molecule has 0 aliphatic heterocycles. The summed E-state index contributed by atoms with van der Waals surface area (Å²) in [6, 6.07) is 2.76. The van der Waals surface area contributed by atoms with Crippen LogP contribution >= 0.6 is 11.3 Å². The lowest BCUT2D eigenvalue weighted by Crippen LogP contribution is -2.14. The number of amides is 1. The van der Waals surface area contributed by atoms with Crippen LogP contribution in [0.2, 0.25) is 0 Å². The van der Waals surface area contributed by atoms with Crippen LogP contribution in [0, 0.1) is 17.5 Å². The average molecular weight is 317 g/mol. The molecule has 0 bridgehead atoms. The number of carboxylic acid groups (broad SMARTS) is 1. The Hall–Kier alpha value is -2.55. The van der Waals surface area contributed by atoms with Crippen LogP contribution in [0.25, 0.3) is 0 Å². The fourth-order valence-electron chi connectivity index (χ4n) is 1.45. The number of hydrogen-bond donors (Lipinski definition) is 3. The molecule has 21 heavy (non-hydrogen) atoms. The molecule has 0 aliphatic carbocycles. The Kier molecular flexibility index (Phi) is 3.85. The number of carboxylic acids is 1. The maximum Gasteiger partial charge on any atom is 0.345 e. The van der Waals surface area contributed by atoms with Gasteiger partial charge in [0, 0.05) is 0 Å². The van der Waals surface area contributed by atoms with Crippen LogP contribution in [0.15, 0.2) is 18.2 Å². The lowest BCUT2D eigenvalue weighted by Gasteiger charge is -2.06. The highest BCUT2D eigenvalue weighted by atomic mass is 32.1. The monoisotopic (exact) mass is 317 g/mol. The van der Waals surface area contributed by atoms with Crippen molar-refractivity contribution in [1.82, 2.24) is 0 Å². The van der Waals surface area contributed by atoms with Crippen LogP contribution in [-0.2, 0) is 0 Å². The molecule has 3 N–H and O–H groups in total. The Morgan fingerprint density at radius 2 is 1.81 bits per heavy atom. The number of carbonyl (C=O) groups excluding carboxylic acids is 1. The van der Waals surface area contributed by atoms with Crippen molar-refractivity contribution in [3.8, 4) is 5.75 Å². The fraction of sp³-hybridized carbons (Fsp3) is 0. The highest BCUT2D eigenvalue weighted by Gasteiger charge is 2.23. The van der Waals surface area contributed by atoms with Crippen molar-refractivity contribution in [2.24, 2.45) is 0 Å². The summed E-state index contributed by atoms with van der Waals surface area (Å²) in [6.45, 7) is 0. The molecule has 1 amide bonds. The Morgan fingerprint density at radius 3 is 2.38 bits per heavy atom. The summed E-state index contributed by atoms with van der Waals surface area (Å²) in [5, 5.41) is 19.9. The number of phenols is 1. The second-order valence-corrected chi connectivity index (χ2v) is 4.89. The van der Waals surface area contributed by atoms with Gasteiger partial charge >= 0.3 is 5.97 Å². The minimum atomic E-state index is -1.80. The van der Waals surface area contributed by atoms with Crippen LogP contribution in [0.5, 0.6) is 5.75 Å². The molecule has 0 saturated heterocycles. The summed E-state index contributed by atoms with van der Waals surface area (Å²) in [7, 11) is 0.